The van der Waals surface area contributed by atoms with Crippen molar-refractivity contribution in [3.8, 4) is 0 Å². The number of rotatable bonds is 1. The van der Waals surface area contributed by atoms with Crippen molar-refractivity contribution in [2.24, 2.45) is 11.1 Å². The molecule has 1 aliphatic heterocycles. The number of fused-ring (bicyclic) bond motifs is 1. The van der Waals surface area contributed by atoms with Crippen LogP contribution >= 0.6 is 0 Å². The van der Waals surface area contributed by atoms with E-state index in [4.69, 9.17) is 5.73 Å². The minimum Gasteiger partial charge on any atom is -0.323 e. The molecular formula is C17H26N2. The van der Waals surface area contributed by atoms with Gasteiger partial charge in [0.25, 0.3) is 0 Å². The molecule has 1 aromatic rings. The SMILES string of the molecule is Cc1ccc2c(c1)CC1(CCN(C(C)C)CC1)[C@@H]2N. The Hall–Kier alpha value is -0.860. The second-order valence-corrected chi connectivity index (χ2v) is 6.85. The lowest BCUT2D eigenvalue weighted by Crippen LogP contribution is -2.46. The van der Waals surface area contributed by atoms with Crippen LogP contribution in [0.4, 0.5) is 0 Å². The number of benzene rings is 1. The molecule has 0 amide bonds. The minimum absolute atomic E-state index is 0.248. The number of piperidine rings is 1. The summed E-state index contributed by atoms with van der Waals surface area (Å²) in [5.41, 5.74) is 11.2. The van der Waals surface area contributed by atoms with Gasteiger partial charge in [0.15, 0.2) is 0 Å². The molecule has 1 atom stereocenters. The Morgan fingerprint density at radius 1 is 1.26 bits per heavy atom. The second-order valence-electron chi connectivity index (χ2n) is 6.85. The van der Waals surface area contributed by atoms with Crippen molar-refractivity contribution in [2.75, 3.05) is 13.1 Å². The Kier molecular flexibility index (Phi) is 3.18. The van der Waals surface area contributed by atoms with Crippen LogP contribution in [0.5, 0.6) is 0 Å². The first kappa shape index (κ1) is 13.1. The molecule has 19 heavy (non-hydrogen) atoms. The van der Waals surface area contributed by atoms with Gasteiger partial charge in [0.1, 0.15) is 0 Å². The maximum absolute atomic E-state index is 6.61. The highest BCUT2D eigenvalue weighted by molar-refractivity contribution is 5.40. The lowest BCUT2D eigenvalue weighted by atomic mass is 9.73. The van der Waals surface area contributed by atoms with E-state index < -0.39 is 0 Å². The molecule has 3 rings (SSSR count). The fourth-order valence-electron chi connectivity index (χ4n) is 3.98. The zero-order valence-electron chi connectivity index (χ0n) is 12.4. The summed E-state index contributed by atoms with van der Waals surface area (Å²) in [5.74, 6) is 0. The molecule has 0 saturated carbocycles. The molecule has 0 unspecified atom stereocenters. The first-order valence-electron chi connectivity index (χ1n) is 7.61. The van der Waals surface area contributed by atoms with Gasteiger partial charge in [0.2, 0.25) is 0 Å². The average molecular weight is 258 g/mol. The van der Waals surface area contributed by atoms with Crippen molar-refractivity contribution in [2.45, 2.75) is 52.1 Å². The zero-order valence-corrected chi connectivity index (χ0v) is 12.4. The largest absolute Gasteiger partial charge is 0.323 e. The third-order valence-corrected chi connectivity index (χ3v) is 5.36. The fraction of sp³-hybridized carbons (Fsp3) is 0.647. The molecular weight excluding hydrogens is 232 g/mol. The first-order chi connectivity index (χ1) is 9.02. The van der Waals surface area contributed by atoms with E-state index in [0.717, 1.165) is 0 Å². The fourth-order valence-corrected chi connectivity index (χ4v) is 3.98. The van der Waals surface area contributed by atoms with Gasteiger partial charge in [-0.3, -0.25) is 0 Å². The second kappa shape index (κ2) is 4.60. The van der Waals surface area contributed by atoms with Crippen molar-refractivity contribution >= 4 is 0 Å². The maximum atomic E-state index is 6.61. The molecule has 1 saturated heterocycles. The smallest absolute Gasteiger partial charge is 0.0359 e. The van der Waals surface area contributed by atoms with Gasteiger partial charge in [0, 0.05) is 12.1 Å². The van der Waals surface area contributed by atoms with Gasteiger partial charge in [-0.1, -0.05) is 23.8 Å². The topological polar surface area (TPSA) is 29.3 Å². The van der Waals surface area contributed by atoms with Crippen LogP contribution in [0.1, 0.15) is 49.4 Å². The van der Waals surface area contributed by atoms with Crippen LogP contribution < -0.4 is 5.73 Å². The van der Waals surface area contributed by atoms with Crippen LogP contribution in [0.2, 0.25) is 0 Å². The molecule has 1 heterocycles. The Labute approximate surface area is 117 Å². The molecule has 104 valence electrons. The van der Waals surface area contributed by atoms with Crippen LogP contribution in [-0.2, 0) is 6.42 Å². The van der Waals surface area contributed by atoms with Crippen LogP contribution in [0.15, 0.2) is 18.2 Å². The Balaban J connectivity index is 1.82. The molecule has 0 radical (unpaired) electrons. The van der Waals surface area contributed by atoms with Crippen LogP contribution in [0, 0.1) is 12.3 Å². The van der Waals surface area contributed by atoms with Gasteiger partial charge in [-0.05, 0) is 69.7 Å². The predicted molar refractivity (Wildman–Crippen MR) is 80.2 cm³/mol. The summed E-state index contributed by atoms with van der Waals surface area (Å²) >= 11 is 0. The van der Waals surface area contributed by atoms with Crippen LogP contribution in [0.3, 0.4) is 0 Å². The molecule has 1 aromatic carbocycles. The predicted octanol–water partition coefficient (Wildman–Crippen LogP) is 3.04. The number of nitrogens with two attached hydrogens (primary N) is 1. The van der Waals surface area contributed by atoms with Crippen molar-refractivity contribution in [1.82, 2.24) is 4.90 Å². The molecule has 2 heteroatoms. The number of likely N-dealkylation sites (tertiary alicyclic amines) is 1. The molecule has 1 fully saturated rings. The lowest BCUT2D eigenvalue weighted by molar-refractivity contribution is 0.0710. The summed E-state index contributed by atoms with van der Waals surface area (Å²) in [5, 5.41) is 0. The normalized spacial score (nSPS) is 26.1. The molecule has 1 aliphatic carbocycles. The van der Waals surface area contributed by atoms with Crippen molar-refractivity contribution in [3.05, 3.63) is 34.9 Å². The summed E-state index contributed by atoms with van der Waals surface area (Å²) in [4.78, 5) is 2.59. The highest BCUT2D eigenvalue weighted by atomic mass is 15.2. The van der Waals surface area contributed by atoms with E-state index in [1.165, 1.54) is 49.0 Å². The van der Waals surface area contributed by atoms with Gasteiger partial charge in [-0.15, -0.1) is 0 Å². The van der Waals surface area contributed by atoms with Crippen molar-refractivity contribution in [1.29, 1.82) is 0 Å². The van der Waals surface area contributed by atoms with Crippen LogP contribution in [0.25, 0.3) is 0 Å². The van der Waals surface area contributed by atoms with Crippen molar-refractivity contribution < 1.29 is 0 Å². The highest BCUT2D eigenvalue weighted by Crippen LogP contribution is 2.50. The summed E-state index contributed by atoms with van der Waals surface area (Å²) in [6, 6.07) is 7.73. The molecule has 1 spiro atoms. The summed E-state index contributed by atoms with van der Waals surface area (Å²) in [7, 11) is 0. The number of hydrogen-bond acceptors (Lipinski definition) is 2. The third kappa shape index (κ3) is 2.11. The zero-order chi connectivity index (χ0) is 13.6. The van der Waals surface area contributed by atoms with Gasteiger partial charge < -0.3 is 10.6 Å². The van der Waals surface area contributed by atoms with Crippen molar-refractivity contribution in [3.63, 3.8) is 0 Å². The minimum atomic E-state index is 0.248. The van der Waals surface area contributed by atoms with E-state index in [0.29, 0.717) is 11.5 Å². The highest BCUT2D eigenvalue weighted by Gasteiger charge is 2.45. The molecule has 2 nitrogen and oxygen atoms in total. The third-order valence-electron chi connectivity index (χ3n) is 5.36. The molecule has 2 N–H and O–H groups in total. The standard InChI is InChI=1S/C17H26N2/c1-12(2)19-8-6-17(7-9-19)11-14-10-13(3)4-5-15(14)16(17)18/h4-5,10,12,16H,6-9,11,18H2,1-3H3/t16-/m1/s1. The van der Waals surface area contributed by atoms with E-state index in [-0.39, 0.29) is 6.04 Å². The molecule has 0 bridgehead atoms. The Morgan fingerprint density at radius 2 is 1.95 bits per heavy atom. The molecule has 0 aromatic heterocycles. The molecule has 2 aliphatic rings. The van der Waals surface area contributed by atoms with E-state index in [1.807, 2.05) is 0 Å². The Morgan fingerprint density at radius 3 is 2.58 bits per heavy atom. The van der Waals surface area contributed by atoms with E-state index in [2.05, 4.69) is 43.9 Å². The number of nitrogens with zero attached hydrogens (tertiary/aromatic N) is 1. The average Bonchev–Trinajstić information content (AvgIpc) is 2.63. The Bertz CT molecular complexity index is 470. The lowest BCUT2D eigenvalue weighted by Gasteiger charge is -2.43. The van der Waals surface area contributed by atoms with E-state index in [1.54, 1.807) is 0 Å². The first-order valence-corrected chi connectivity index (χ1v) is 7.61. The van der Waals surface area contributed by atoms with Gasteiger partial charge in [0.05, 0.1) is 0 Å². The maximum Gasteiger partial charge on any atom is 0.0359 e. The summed E-state index contributed by atoms with van der Waals surface area (Å²) < 4.78 is 0. The quantitative estimate of drug-likeness (QED) is 0.839. The van der Waals surface area contributed by atoms with E-state index in [9.17, 15) is 0 Å². The van der Waals surface area contributed by atoms with Gasteiger partial charge in [-0.25, -0.2) is 0 Å². The van der Waals surface area contributed by atoms with E-state index >= 15 is 0 Å². The van der Waals surface area contributed by atoms with Crippen LogP contribution in [-0.4, -0.2) is 24.0 Å². The number of hydrogen-bond donors (Lipinski definition) is 1. The van der Waals surface area contributed by atoms with Gasteiger partial charge >= 0.3 is 0 Å². The monoisotopic (exact) mass is 258 g/mol. The number of aryl methyl sites for hydroxylation is 1. The summed E-state index contributed by atoms with van der Waals surface area (Å²) in [6.45, 7) is 9.18. The van der Waals surface area contributed by atoms with Gasteiger partial charge in [-0.2, -0.15) is 0 Å². The summed E-state index contributed by atoms with van der Waals surface area (Å²) in [6.07, 6.45) is 3.69.